The molecular formula is C19H13FN2O4S2. The van der Waals surface area contributed by atoms with Gasteiger partial charge >= 0.3 is 0 Å². The quantitative estimate of drug-likeness (QED) is 0.819. The van der Waals surface area contributed by atoms with Gasteiger partial charge in [0.05, 0.1) is 17.0 Å². The summed E-state index contributed by atoms with van der Waals surface area (Å²) in [4.78, 5) is 18.9. The fraction of sp³-hybridized carbons (Fsp3) is 0.158. The summed E-state index contributed by atoms with van der Waals surface area (Å²) in [6.07, 6.45) is 0. The number of nitrogens with zero attached hydrogens (tertiary/aromatic N) is 1. The SMILES string of the molecule is N#CC(C(=O)C1=C2CSc3ccc(F)cc3C2NO1)S(=O)(=O)c1ccccc1. The fourth-order valence-corrected chi connectivity index (χ4v) is 5.61. The molecule has 0 saturated carbocycles. The Hall–Kier alpha value is -2.67. The smallest absolute Gasteiger partial charge is 0.232 e. The van der Waals surface area contributed by atoms with Gasteiger partial charge in [-0.25, -0.2) is 12.8 Å². The highest BCUT2D eigenvalue weighted by Gasteiger charge is 2.43. The Kier molecular flexibility index (Phi) is 4.71. The number of sulfone groups is 1. The van der Waals surface area contributed by atoms with Crippen molar-refractivity contribution in [3.05, 3.63) is 71.2 Å². The van der Waals surface area contributed by atoms with E-state index in [1.165, 1.54) is 48.2 Å². The second-order valence-electron chi connectivity index (χ2n) is 6.21. The lowest BCUT2D eigenvalue weighted by molar-refractivity contribution is -0.118. The van der Waals surface area contributed by atoms with E-state index in [1.807, 2.05) is 0 Å². The van der Waals surface area contributed by atoms with Crippen molar-refractivity contribution < 1.29 is 22.4 Å². The van der Waals surface area contributed by atoms with Crippen LogP contribution in [0.4, 0.5) is 4.39 Å². The largest absolute Gasteiger partial charge is 0.404 e. The molecule has 9 heteroatoms. The van der Waals surface area contributed by atoms with Crippen LogP contribution in [0, 0.1) is 17.1 Å². The third kappa shape index (κ3) is 2.99. The van der Waals surface area contributed by atoms with Crippen molar-refractivity contribution in [1.82, 2.24) is 5.48 Å². The van der Waals surface area contributed by atoms with Gasteiger partial charge in [0.25, 0.3) is 0 Å². The summed E-state index contributed by atoms with van der Waals surface area (Å²) < 4.78 is 39.2. The first kappa shape index (κ1) is 18.7. The molecule has 2 heterocycles. The third-order valence-corrected chi connectivity index (χ3v) is 7.55. The Morgan fingerprint density at radius 1 is 1.29 bits per heavy atom. The van der Waals surface area contributed by atoms with Crippen molar-refractivity contribution in [2.45, 2.75) is 21.1 Å². The van der Waals surface area contributed by atoms with Crippen LogP contribution in [0.1, 0.15) is 11.6 Å². The first-order valence-corrected chi connectivity index (χ1v) is 10.8. The van der Waals surface area contributed by atoms with Crippen LogP contribution in [0.2, 0.25) is 0 Å². The molecule has 142 valence electrons. The number of Topliss-reactive ketones (excluding diaryl/α,β-unsaturated/α-hetero) is 1. The molecule has 0 amide bonds. The number of thioether (sulfide) groups is 1. The van der Waals surface area contributed by atoms with Crippen LogP contribution >= 0.6 is 11.8 Å². The van der Waals surface area contributed by atoms with Crippen molar-refractivity contribution in [3.8, 4) is 6.07 Å². The van der Waals surface area contributed by atoms with Gasteiger partial charge in [-0.05, 0) is 35.9 Å². The number of fused-ring (bicyclic) bond motifs is 3. The molecule has 2 unspecified atom stereocenters. The van der Waals surface area contributed by atoms with Crippen LogP contribution in [0.15, 0.2) is 69.7 Å². The van der Waals surface area contributed by atoms with Crippen molar-refractivity contribution in [3.63, 3.8) is 0 Å². The van der Waals surface area contributed by atoms with Crippen LogP contribution in [-0.4, -0.2) is 25.2 Å². The van der Waals surface area contributed by atoms with Gasteiger partial charge in [-0.2, -0.15) is 5.26 Å². The first-order valence-electron chi connectivity index (χ1n) is 8.24. The number of nitrogens with one attached hydrogen (secondary N) is 1. The number of halogens is 1. The molecule has 0 bridgehead atoms. The Morgan fingerprint density at radius 2 is 2.04 bits per heavy atom. The summed E-state index contributed by atoms with van der Waals surface area (Å²) in [6, 6.07) is 12.7. The lowest BCUT2D eigenvalue weighted by Gasteiger charge is -2.22. The fourth-order valence-electron chi connectivity index (χ4n) is 3.16. The van der Waals surface area contributed by atoms with Gasteiger partial charge in [-0.15, -0.1) is 17.2 Å². The molecule has 2 aliphatic heterocycles. The molecule has 2 atom stereocenters. The van der Waals surface area contributed by atoms with E-state index >= 15 is 0 Å². The van der Waals surface area contributed by atoms with E-state index in [9.17, 15) is 22.9 Å². The molecule has 28 heavy (non-hydrogen) atoms. The minimum atomic E-state index is -4.21. The van der Waals surface area contributed by atoms with E-state index < -0.39 is 32.7 Å². The molecule has 1 N–H and O–H groups in total. The number of allylic oxidation sites excluding steroid dienone is 1. The van der Waals surface area contributed by atoms with Crippen molar-refractivity contribution in [2.24, 2.45) is 0 Å². The maximum atomic E-state index is 13.7. The third-order valence-electron chi connectivity index (χ3n) is 4.55. The van der Waals surface area contributed by atoms with Crippen LogP contribution in [-0.2, 0) is 19.5 Å². The average Bonchev–Trinajstić information content (AvgIpc) is 3.13. The summed E-state index contributed by atoms with van der Waals surface area (Å²) in [5, 5.41) is 7.51. The van der Waals surface area contributed by atoms with Gasteiger partial charge in [0.2, 0.25) is 20.9 Å². The van der Waals surface area contributed by atoms with Gasteiger partial charge in [0.1, 0.15) is 5.82 Å². The van der Waals surface area contributed by atoms with Crippen LogP contribution in [0.25, 0.3) is 0 Å². The Labute approximate surface area is 164 Å². The van der Waals surface area contributed by atoms with Gasteiger partial charge in [-0.3, -0.25) is 4.79 Å². The molecule has 0 radical (unpaired) electrons. The topological polar surface area (TPSA) is 96.3 Å². The molecule has 0 aliphatic carbocycles. The molecular weight excluding hydrogens is 403 g/mol. The van der Waals surface area contributed by atoms with Crippen LogP contribution in [0.5, 0.6) is 0 Å². The van der Waals surface area contributed by atoms with E-state index in [-0.39, 0.29) is 10.7 Å². The molecule has 6 nitrogen and oxygen atoms in total. The highest BCUT2D eigenvalue weighted by atomic mass is 32.2. The minimum Gasteiger partial charge on any atom is -0.404 e. The summed E-state index contributed by atoms with van der Waals surface area (Å²) in [7, 11) is -4.21. The molecule has 0 saturated heterocycles. The van der Waals surface area contributed by atoms with E-state index in [0.717, 1.165) is 4.90 Å². The normalized spacial score (nSPS) is 19.2. The summed E-state index contributed by atoms with van der Waals surface area (Å²) in [5.41, 5.74) is 3.77. The zero-order valence-corrected chi connectivity index (χ0v) is 15.9. The molecule has 2 aromatic rings. The maximum absolute atomic E-state index is 13.7. The summed E-state index contributed by atoms with van der Waals surface area (Å²) in [6.45, 7) is 0. The van der Waals surface area contributed by atoms with E-state index in [2.05, 4.69) is 5.48 Å². The standard InChI is InChI=1S/C19H13FN2O4S2/c20-11-6-7-15-13(8-11)17-14(10-27-15)19(26-22-17)18(23)16(9-21)28(24,25)12-4-2-1-3-5-12/h1-8,16-17,22H,10H2. The highest BCUT2D eigenvalue weighted by Crippen LogP contribution is 2.44. The van der Waals surface area contributed by atoms with Crippen LogP contribution < -0.4 is 5.48 Å². The van der Waals surface area contributed by atoms with Gasteiger partial charge in [0, 0.05) is 16.2 Å². The second-order valence-corrected chi connectivity index (χ2v) is 9.26. The average molecular weight is 416 g/mol. The number of carbonyl (C=O) groups is 1. The molecule has 0 fully saturated rings. The van der Waals surface area contributed by atoms with E-state index in [4.69, 9.17) is 4.84 Å². The number of hydrogen-bond acceptors (Lipinski definition) is 7. The Bertz CT molecular complexity index is 1140. The summed E-state index contributed by atoms with van der Waals surface area (Å²) in [5.74, 6) is -1.19. The van der Waals surface area contributed by atoms with Gasteiger partial charge in [-0.1, -0.05) is 18.2 Å². The van der Waals surface area contributed by atoms with Crippen molar-refractivity contribution in [1.29, 1.82) is 5.26 Å². The number of benzene rings is 2. The molecule has 4 rings (SSSR count). The maximum Gasteiger partial charge on any atom is 0.232 e. The molecule has 0 aromatic heterocycles. The predicted octanol–water partition coefficient (Wildman–Crippen LogP) is 2.70. The number of carbonyl (C=O) groups excluding carboxylic acids is 1. The van der Waals surface area contributed by atoms with Gasteiger partial charge < -0.3 is 4.84 Å². The number of nitriles is 1. The number of rotatable bonds is 4. The highest BCUT2D eigenvalue weighted by molar-refractivity contribution is 7.99. The van der Waals surface area contributed by atoms with Crippen molar-refractivity contribution >= 4 is 27.4 Å². The summed E-state index contributed by atoms with van der Waals surface area (Å²) >= 11 is 1.39. The number of hydrogen-bond donors (Lipinski definition) is 1. The minimum absolute atomic E-state index is 0.117. The van der Waals surface area contributed by atoms with E-state index in [0.29, 0.717) is 16.9 Å². The molecule has 2 aromatic carbocycles. The molecule has 0 spiro atoms. The first-order chi connectivity index (χ1) is 13.4. The zero-order valence-electron chi connectivity index (χ0n) is 14.3. The molecule has 2 aliphatic rings. The Balaban J connectivity index is 1.72. The van der Waals surface area contributed by atoms with E-state index in [1.54, 1.807) is 18.2 Å². The lowest BCUT2D eigenvalue weighted by Crippen LogP contribution is -2.31. The lowest BCUT2D eigenvalue weighted by atomic mass is 9.98. The Morgan fingerprint density at radius 3 is 2.75 bits per heavy atom. The number of hydroxylamine groups is 1. The predicted molar refractivity (Wildman–Crippen MR) is 99.1 cm³/mol. The number of ketones is 1. The zero-order chi connectivity index (χ0) is 19.9. The van der Waals surface area contributed by atoms with Crippen molar-refractivity contribution in [2.75, 3.05) is 5.75 Å². The second kappa shape index (κ2) is 7.05. The van der Waals surface area contributed by atoms with Crippen LogP contribution in [0.3, 0.4) is 0 Å². The monoisotopic (exact) mass is 416 g/mol. The van der Waals surface area contributed by atoms with Gasteiger partial charge in [0.15, 0.2) is 5.76 Å².